The fraction of sp³-hybridized carbons (Fsp3) is 0.667. The maximum atomic E-state index is 5.94. The molecule has 0 saturated carbocycles. The summed E-state index contributed by atoms with van der Waals surface area (Å²) in [6.07, 6.45) is 7.36. The summed E-state index contributed by atoms with van der Waals surface area (Å²) in [4.78, 5) is 0. The van der Waals surface area contributed by atoms with Gasteiger partial charge in [0.2, 0.25) is 0 Å². The van der Waals surface area contributed by atoms with Gasteiger partial charge >= 0.3 is 0 Å². The van der Waals surface area contributed by atoms with Crippen molar-refractivity contribution in [2.75, 3.05) is 6.61 Å². The molecule has 0 N–H and O–H groups in total. The molecule has 0 amide bonds. The van der Waals surface area contributed by atoms with Gasteiger partial charge in [0.25, 0.3) is 0 Å². The van der Waals surface area contributed by atoms with Crippen LogP contribution < -0.4 is 0 Å². The molecule has 1 saturated heterocycles. The van der Waals surface area contributed by atoms with E-state index in [0.717, 1.165) is 32.3 Å². The Morgan fingerprint density at radius 1 is 1.36 bits per heavy atom. The first-order chi connectivity index (χ1) is 6.76. The van der Waals surface area contributed by atoms with Crippen LogP contribution in [0.15, 0.2) is 25.3 Å². The van der Waals surface area contributed by atoms with E-state index in [-0.39, 0.29) is 11.9 Å². The van der Waals surface area contributed by atoms with E-state index in [0.29, 0.717) is 0 Å². The molecule has 0 spiro atoms. The quantitative estimate of drug-likeness (QED) is 0.629. The lowest BCUT2D eigenvalue weighted by atomic mass is 9.91. The summed E-state index contributed by atoms with van der Waals surface area (Å²) in [5.41, 5.74) is -0.109. The predicted molar refractivity (Wildman–Crippen MR) is 58.1 cm³/mol. The molecule has 14 heavy (non-hydrogen) atoms. The van der Waals surface area contributed by atoms with Crippen LogP contribution in [-0.2, 0) is 9.47 Å². The van der Waals surface area contributed by atoms with Crippen LogP contribution in [0.25, 0.3) is 0 Å². The molecule has 0 radical (unpaired) electrons. The molecule has 80 valence electrons. The maximum absolute atomic E-state index is 5.94. The van der Waals surface area contributed by atoms with Crippen molar-refractivity contribution in [1.82, 2.24) is 0 Å². The first kappa shape index (κ1) is 11.5. The second kappa shape index (κ2) is 5.32. The fourth-order valence-corrected chi connectivity index (χ4v) is 1.86. The molecule has 1 aliphatic heterocycles. The zero-order valence-corrected chi connectivity index (χ0v) is 9.00. The minimum Gasteiger partial charge on any atom is -0.353 e. The molecule has 0 bridgehead atoms. The third-order valence-corrected chi connectivity index (χ3v) is 2.61. The van der Waals surface area contributed by atoms with E-state index in [9.17, 15) is 0 Å². The topological polar surface area (TPSA) is 18.5 Å². The molecule has 0 aromatic heterocycles. The molecular formula is C12H20O2. The van der Waals surface area contributed by atoms with E-state index < -0.39 is 0 Å². The summed E-state index contributed by atoms with van der Waals surface area (Å²) in [5, 5.41) is 0. The summed E-state index contributed by atoms with van der Waals surface area (Å²) in [7, 11) is 0. The average molecular weight is 196 g/mol. The van der Waals surface area contributed by atoms with Gasteiger partial charge < -0.3 is 9.47 Å². The second-order valence-electron chi connectivity index (χ2n) is 3.75. The highest BCUT2D eigenvalue weighted by Gasteiger charge is 2.35. The first-order valence-electron chi connectivity index (χ1n) is 5.27. The van der Waals surface area contributed by atoms with Crippen molar-refractivity contribution in [3.05, 3.63) is 25.3 Å². The van der Waals surface area contributed by atoms with Gasteiger partial charge in [-0.15, -0.1) is 13.2 Å². The van der Waals surface area contributed by atoms with Crippen LogP contribution in [0.2, 0.25) is 0 Å². The lowest BCUT2D eigenvalue weighted by Crippen LogP contribution is -2.43. The molecule has 1 fully saturated rings. The van der Waals surface area contributed by atoms with Crippen LogP contribution in [0, 0.1) is 0 Å². The Morgan fingerprint density at radius 2 is 2.00 bits per heavy atom. The Kier molecular flexibility index (Phi) is 4.36. The average Bonchev–Trinajstić information content (AvgIpc) is 2.19. The highest BCUT2D eigenvalue weighted by Crippen LogP contribution is 2.32. The number of hydrogen-bond acceptors (Lipinski definition) is 2. The Morgan fingerprint density at radius 3 is 2.50 bits per heavy atom. The van der Waals surface area contributed by atoms with E-state index in [1.165, 1.54) is 0 Å². The number of hydrogen-bond donors (Lipinski definition) is 0. The molecule has 1 atom stereocenters. The molecule has 1 heterocycles. The zero-order valence-electron chi connectivity index (χ0n) is 9.00. The van der Waals surface area contributed by atoms with Gasteiger partial charge in [-0.1, -0.05) is 19.1 Å². The summed E-state index contributed by atoms with van der Waals surface area (Å²) < 4.78 is 11.4. The molecule has 1 aliphatic rings. The summed E-state index contributed by atoms with van der Waals surface area (Å²) >= 11 is 0. The third kappa shape index (κ3) is 2.69. The summed E-state index contributed by atoms with van der Waals surface area (Å²) in [6.45, 7) is 10.4. The van der Waals surface area contributed by atoms with Crippen molar-refractivity contribution in [1.29, 1.82) is 0 Å². The SMILES string of the molecule is C=CCC1(CC=C)CCOC(CC)O1. The largest absolute Gasteiger partial charge is 0.353 e. The van der Waals surface area contributed by atoms with Crippen molar-refractivity contribution < 1.29 is 9.47 Å². The molecule has 0 aromatic rings. The number of rotatable bonds is 5. The molecular weight excluding hydrogens is 176 g/mol. The summed E-state index contributed by atoms with van der Waals surface area (Å²) in [6, 6.07) is 0. The van der Waals surface area contributed by atoms with Crippen molar-refractivity contribution in [2.24, 2.45) is 0 Å². The van der Waals surface area contributed by atoms with Gasteiger partial charge in [0.15, 0.2) is 6.29 Å². The second-order valence-corrected chi connectivity index (χ2v) is 3.75. The predicted octanol–water partition coefficient (Wildman–Crippen LogP) is 3.05. The standard InChI is InChI=1S/C12H20O2/c1-4-7-12(8-5-2)9-10-13-11(6-3)14-12/h4-5,11H,1-2,6-10H2,3H3. The van der Waals surface area contributed by atoms with Crippen LogP contribution in [-0.4, -0.2) is 18.5 Å². The molecule has 1 unspecified atom stereocenters. The van der Waals surface area contributed by atoms with Crippen LogP contribution in [0.1, 0.15) is 32.6 Å². The lowest BCUT2D eigenvalue weighted by molar-refractivity contribution is -0.254. The van der Waals surface area contributed by atoms with Crippen LogP contribution in [0.4, 0.5) is 0 Å². The molecule has 2 nitrogen and oxygen atoms in total. The minimum atomic E-state index is -0.109. The smallest absolute Gasteiger partial charge is 0.158 e. The Bertz CT molecular complexity index is 188. The van der Waals surface area contributed by atoms with Crippen LogP contribution in [0.5, 0.6) is 0 Å². The van der Waals surface area contributed by atoms with E-state index in [1.54, 1.807) is 0 Å². The molecule has 2 heteroatoms. The van der Waals surface area contributed by atoms with Crippen molar-refractivity contribution in [3.8, 4) is 0 Å². The Balaban J connectivity index is 2.64. The minimum absolute atomic E-state index is 0.0522. The Labute approximate surface area is 86.6 Å². The van der Waals surface area contributed by atoms with Gasteiger partial charge in [-0.05, 0) is 19.3 Å². The van der Waals surface area contributed by atoms with Crippen LogP contribution in [0.3, 0.4) is 0 Å². The highest BCUT2D eigenvalue weighted by molar-refractivity contribution is 4.94. The van der Waals surface area contributed by atoms with E-state index >= 15 is 0 Å². The van der Waals surface area contributed by atoms with E-state index in [4.69, 9.17) is 9.47 Å². The maximum Gasteiger partial charge on any atom is 0.158 e. The molecule has 1 rings (SSSR count). The van der Waals surface area contributed by atoms with Gasteiger partial charge in [-0.2, -0.15) is 0 Å². The van der Waals surface area contributed by atoms with Gasteiger partial charge in [0.05, 0.1) is 12.2 Å². The Hall–Kier alpha value is -0.600. The monoisotopic (exact) mass is 196 g/mol. The van der Waals surface area contributed by atoms with Gasteiger partial charge in [0.1, 0.15) is 0 Å². The van der Waals surface area contributed by atoms with Crippen molar-refractivity contribution in [3.63, 3.8) is 0 Å². The van der Waals surface area contributed by atoms with Gasteiger partial charge in [0, 0.05) is 6.42 Å². The molecule has 0 aliphatic carbocycles. The summed E-state index contributed by atoms with van der Waals surface area (Å²) in [5.74, 6) is 0. The first-order valence-corrected chi connectivity index (χ1v) is 5.27. The van der Waals surface area contributed by atoms with Gasteiger partial charge in [-0.25, -0.2) is 0 Å². The zero-order chi connectivity index (χ0) is 10.4. The number of ether oxygens (including phenoxy) is 2. The van der Waals surface area contributed by atoms with E-state index in [1.807, 2.05) is 12.2 Å². The lowest BCUT2D eigenvalue weighted by Gasteiger charge is -2.40. The third-order valence-electron chi connectivity index (χ3n) is 2.61. The fourth-order valence-electron chi connectivity index (χ4n) is 1.86. The van der Waals surface area contributed by atoms with Gasteiger partial charge in [-0.3, -0.25) is 0 Å². The normalized spacial score (nSPS) is 25.6. The highest BCUT2D eigenvalue weighted by atomic mass is 16.7. The van der Waals surface area contributed by atoms with Crippen molar-refractivity contribution in [2.45, 2.75) is 44.5 Å². The van der Waals surface area contributed by atoms with Crippen LogP contribution >= 0.6 is 0 Å². The van der Waals surface area contributed by atoms with E-state index in [2.05, 4.69) is 20.1 Å². The van der Waals surface area contributed by atoms with Crippen molar-refractivity contribution >= 4 is 0 Å². The molecule has 0 aromatic carbocycles.